The van der Waals surface area contributed by atoms with Gasteiger partial charge in [0.1, 0.15) is 5.75 Å². The SMILES string of the molecule is C[C@@H]1CCCN(c2ccc(CNC(=S)Nc3ccc(OC4CCCC4)cc3)cc2)C1. The van der Waals surface area contributed by atoms with Crippen LogP contribution < -0.4 is 20.3 Å². The van der Waals surface area contributed by atoms with Crippen molar-refractivity contribution in [3.05, 3.63) is 54.1 Å². The van der Waals surface area contributed by atoms with E-state index in [4.69, 9.17) is 17.0 Å². The first kappa shape index (κ1) is 21.0. The molecule has 1 heterocycles. The quantitative estimate of drug-likeness (QED) is 0.580. The summed E-state index contributed by atoms with van der Waals surface area (Å²) in [6, 6.07) is 16.9. The summed E-state index contributed by atoms with van der Waals surface area (Å²) in [6.45, 7) is 5.39. The molecule has 0 aromatic heterocycles. The van der Waals surface area contributed by atoms with Gasteiger partial charge in [0.25, 0.3) is 0 Å². The van der Waals surface area contributed by atoms with Crippen LogP contribution in [0.1, 0.15) is 51.0 Å². The van der Waals surface area contributed by atoms with E-state index in [9.17, 15) is 0 Å². The molecule has 4 nitrogen and oxygen atoms in total. The van der Waals surface area contributed by atoms with E-state index >= 15 is 0 Å². The molecule has 1 atom stereocenters. The van der Waals surface area contributed by atoms with E-state index in [-0.39, 0.29) is 0 Å². The maximum atomic E-state index is 6.02. The summed E-state index contributed by atoms with van der Waals surface area (Å²) in [5.41, 5.74) is 3.53. The average Bonchev–Trinajstić information content (AvgIpc) is 3.27. The van der Waals surface area contributed by atoms with Crippen LogP contribution in [0.2, 0.25) is 0 Å². The smallest absolute Gasteiger partial charge is 0.171 e. The van der Waals surface area contributed by atoms with E-state index in [0.717, 1.165) is 23.9 Å². The molecule has 0 unspecified atom stereocenters. The Morgan fingerprint density at radius 2 is 1.73 bits per heavy atom. The van der Waals surface area contributed by atoms with Crippen molar-refractivity contribution >= 4 is 28.7 Å². The topological polar surface area (TPSA) is 36.5 Å². The molecule has 1 aliphatic heterocycles. The summed E-state index contributed by atoms with van der Waals surface area (Å²) in [6.07, 6.45) is 7.93. The van der Waals surface area contributed by atoms with Gasteiger partial charge in [0.2, 0.25) is 0 Å². The molecule has 2 fully saturated rings. The highest BCUT2D eigenvalue weighted by molar-refractivity contribution is 7.80. The Morgan fingerprint density at radius 1 is 1.00 bits per heavy atom. The molecule has 1 saturated carbocycles. The Bertz CT molecular complexity index is 815. The molecule has 2 aromatic rings. The zero-order chi connectivity index (χ0) is 20.8. The number of hydrogen-bond acceptors (Lipinski definition) is 3. The minimum absolute atomic E-state index is 0.385. The molecule has 0 radical (unpaired) electrons. The van der Waals surface area contributed by atoms with E-state index in [2.05, 4.69) is 46.7 Å². The summed E-state index contributed by atoms with van der Waals surface area (Å²) in [4.78, 5) is 2.50. The first-order chi connectivity index (χ1) is 14.7. The number of nitrogens with zero attached hydrogens (tertiary/aromatic N) is 1. The second kappa shape index (κ2) is 10.2. The van der Waals surface area contributed by atoms with Crippen molar-refractivity contribution in [1.82, 2.24) is 5.32 Å². The molecular formula is C25H33N3OS. The van der Waals surface area contributed by atoms with Crippen molar-refractivity contribution in [2.75, 3.05) is 23.3 Å². The van der Waals surface area contributed by atoms with Gasteiger partial charge in [-0.3, -0.25) is 0 Å². The number of benzene rings is 2. The van der Waals surface area contributed by atoms with Gasteiger partial charge in [-0.25, -0.2) is 0 Å². The van der Waals surface area contributed by atoms with E-state index in [1.54, 1.807) is 0 Å². The number of anilines is 2. The third-order valence-electron chi connectivity index (χ3n) is 6.13. The predicted octanol–water partition coefficient (Wildman–Crippen LogP) is 5.73. The van der Waals surface area contributed by atoms with Crippen LogP contribution in [0.25, 0.3) is 0 Å². The van der Waals surface area contributed by atoms with Crippen LogP contribution in [0, 0.1) is 5.92 Å². The Kier molecular flexibility index (Phi) is 7.11. The zero-order valence-corrected chi connectivity index (χ0v) is 18.7. The lowest BCUT2D eigenvalue weighted by Crippen LogP contribution is -2.34. The Morgan fingerprint density at radius 3 is 2.43 bits per heavy atom. The number of hydrogen-bond donors (Lipinski definition) is 2. The molecule has 4 rings (SSSR count). The number of thiocarbonyl (C=S) groups is 1. The number of ether oxygens (including phenoxy) is 1. The van der Waals surface area contributed by atoms with Crippen LogP contribution in [-0.2, 0) is 6.54 Å². The summed E-state index contributed by atoms with van der Waals surface area (Å²) < 4.78 is 6.02. The molecule has 160 valence electrons. The fourth-order valence-corrected chi connectivity index (χ4v) is 4.61. The van der Waals surface area contributed by atoms with Gasteiger partial charge >= 0.3 is 0 Å². The molecule has 0 spiro atoms. The van der Waals surface area contributed by atoms with Crippen molar-refractivity contribution in [1.29, 1.82) is 0 Å². The van der Waals surface area contributed by atoms with E-state index < -0.39 is 0 Å². The molecule has 1 aliphatic carbocycles. The van der Waals surface area contributed by atoms with Gasteiger partial charge in [-0.15, -0.1) is 0 Å². The zero-order valence-electron chi connectivity index (χ0n) is 17.9. The first-order valence-electron chi connectivity index (χ1n) is 11.3. The fourth-order valence-electron chi connectivity index (χ4n) is 4.42. The molecule has 0 amide bonds. The van der Waals surface area contributed by atoms with Gasteiger partial charge in [0, 0.05) is 31.0 Å². The number of nitrogens with one attached hydrogen (secondary N) is 2. The summed E-state index contributed by atoms with van der Waals surface area (Å²) in [7, 11) is 0. The minimum Gasteiger partial charge on any atom is -0.490 e. The van der Waals surface area contributed by atoms with E-state index in [1.165, 1.54) is 56.3 Å². The molecule has 5 heteroatoms. The third-order valence-corrected chi connectivity index (χ3v) is 6.38. The van der Waals surface area contributed by atoms with Crippen molar-refractivity contribution in [3.8, 4) is 5.75 Å². The molecule has 0 bridgehead atoms. The maximum absolute atomic E-state index is 6.02. The van der Waals surface area contributed by atoms with Crippen molar-refractivity contribution in [3.63, 3.8) is 0 Å². The van der Waals surface area contributed by atoms with Gasteiger partial charge in [0.15, 0.2) is 5.11 Å². The monoisotopic (exact) mass is 423 g/mol. The van der Waals surface area contributed by atoms with Crippen molar-refractivity contribution in [2.45, 2.75) is 58.1 Å². The maximum Gasteiger partial charge on any atom is 0.171 e. The Labute approximate surface area is 186 Å². The Hall–Kier alpha value is -2.27. The second-order valence-electron chi connectivity index (χ2n) is 8.72. The summed E-state index contributed by atoms with van der Waals surface area (Å²) >= 11 is 5.46. The van der Waals surface area contributed by atoms with Crippen LogP contribution in [-0.4, -0.2) is 24.3 Å². The highest BCUT2D eigenvalue weighted by Gasteiger charge is 2.17. The molecule has 2 aliphatic rings. The standard InChI is InChI=1S/C25H33N3OS/c1-19-5-4-16-28(18-19)22-12-8-20(9-13-22)17-26-25(30)27-21-10-14-24(15-11-21)29-23-6-2-3-7-23/h8-15,19,23H,2-7,16-18H2,1H3,(H2,26,27,30)/t19-/m1/s1. The van der Waals surface area contributed by atoms with Crippen LogP contribution in [0.5, 0.6) is 5.75 Å². The van der Waals surface area contributed by atoms with E-state index in [0.29, 0.717) is 17.8 Å². The lowest BCUT2D eigenvalue weighted by molar-refractivity contribution is 0.210. The van der Waals surface area contributed by atoms with Crippen molar-refractivity contribution in [2.24, 2.45) is 5.92 Å². The molecular weight excluding hydrogens is 390 g/mol. The third kappa shape index (κ3) is 5.88. The van der Waals surface area contributed by atoms with Gasteiger partial charge in [-0.1, -0.05) is 19.1 Å². The van der Waals surface area contributed by atoms with Crippen LogP contribution >= 0.6 is 12.2 Å². The molecule has 2 aromatic carbocycles. The first-order valence-corrected chi connectivity index (χ1v) is 11.7. The van der Waals surface area contributed by atoms with Gasteiger partial charge in [-0.2, -0.15) is 0 Å². The molecule has 1 saturated heterocycles. The average molecular weight is 424 g/mol. The lowest BCUT2D eigenvalue weighted by Gasteiger charge is -2.32. The van der Waals surface area contributed by atoms with Crippen LogP contribution in [0.3, 0.4) is 0 Å². The fraction of sp³-hybridized carbons (Fsp3) is 0.480. The largest absolute Gasteiger partial charge is 0.490 e. The number of rotatable bonds is 6. The lowest BCUT2D eigenvalue weighted by atomic mass is 9.99. The normalized spacial score (nSPS) is 19.5. The minimum atomic E-state index is 0.385. The highest BCUT2D eigenvalue weighted by atomic mass is 32.1. The van der Waals surface area contributed by atoms with Gasteiger partial charge in [0.05, 0.1) is 6.10 Å². The van der Waals surface area contributed by atoms with Crippen LogP contribution in [0.4, 0.5) is 11.4 Å². The Balaban J connectivity index is 1.22. The highest BCUT2D eigenvalue weighted by Crippen LogP contribution is 2.25. The number of piperidine rings is 1. The van der Waals surface area contributed by atoms with Crippen molar-refractivity contribution < 1.29 is 4.74 Å². The van der Waals surface area contributed by atoms with Gasteiger partial charge in [-0.05, 0) is 98.6 Å². The molecule has 2 N–H and O–H groups in total. The molecule has 30 heavy (non-hydrogen) atoms. The van der Waals surface area contributed by atoms with Gasteiger partial charge < -0.3 is 20.3 Å². The predicted molar refractivity (Wildman–Crippen MR) is 129 cm³/mol. The van der Waals surface area contributed by atoms with Crippen LogP contribution in [0.15, 0.2) is 48.5 Å². The summed E-state index contributed by atoms with van der Waals surface area (Å²) in [5, 5.41) is 7.19. The second-order valence-corrected chi connectivity index (χ2v) is 9.12. The summed E-state index contributed by atoms with van der Waals surface area (Å²) in [5.74, 6) is 1.72. The van der Waals surface area contributed by atoms with E-state index in [1.807, 2.05) is 24.3 Å².